The van der Waals surface area contributed by atoms with Crippen molar-refractivity contribution < 1.29 is 17.9 Å². The summed E-state index contributed by atoms with van der Waals surface area (Å²) in [5, 5.41) is 8.32. The van der Waals surface area contributed by atoms with Crippen LogP contribution in [0.5, 0.6) is 0 Å². The summed E-state index contributed by atoms with van der Waals surface area (Å²) in [7, 11) is -2.82. The van der Waals surface area contributed by atoms with Crippen LogP contribution in [0.3, 0.4) is 0 Å². The number of rotatable bonds is 10. The van der Waals surface area contributed by atoms with E-state index in [0.29, 0.717) is 23.1 Å². The Morgan fingerprint density at radius 2 is 1.82 bits per heavy atom. The van der Waals surface area contributed by atoms with Gasteiger partial charge < -0.3 is 4.74 Å². The van der Waals surface area contributed by atoms with Crippen molar-refractivity contribution >= 4 is 31.9 Å². The first kappa shape index (κ1) is 25.1. The summed E-state index contributed by atoms with van der Waals surface area (Å²) < 4.78 is 35.8. The number of carbonyl (C=O) groups is 1. The molecule has 3 rings (SSSR count). The number of halogens is 1. The number of carbonyl (C=O) groups excluding carboxylic acids is 1. The maximum Gasteiger partial charge on any atom is 0.324 e. The standard InChI is InChI=1S/C23H27BrN4O4S/c1-4-17(2)22(23(29)32-3)28(33(30,31)21-13-9-8-12-20(21)24)16-19-15-27(26-25-19)14-18-10-6-5-7-11-18/h5-13,15,17,22H,4,14,16H2,1-3H3/t17-,22-/m0/s1. The zero-order chi connectivity index (χ0) is 24.0. The summed E-state index contributed by atoms with van der Waals surface area (Å²) in [6.07, 6.45) is 2.28. The molecule has 0 aliphatic rings. The smallest absolute Gasteiger partial charge is 0.324 e. The van der Waals surface area contributed by atoms with Crippen LogP contribution in [0.15, 0.2) is 70.2 Å². The van der Waals surface area contributed by atoms with Crippen molar-refractivity contribution in [3.63, 3.8) is 0 Å². The van der Waals surface area contributed by atoms with Gasteiger partial charge in [0, 0.05) is 4.47 Å². The number of ether oxygens (including phenoxy) is 1. The highest BCUT2D eigenvalue weighted by Gasteiger charge is 2.40. The third-order valence-corrected chi connectivity index (χ3v) is 8.29. The molecule has 8 nitrogen and oxygen atoms in total. The Hall–Kier alpha value is -2.56. The minimum absolute atomic E-state index is 0.0684. The molecule has 0 saturated heterocycles. The number of sulfonamides is 1. The largest absolute Gasteiger partial charge is 0.468 e. The molecule has 1 heterocycles. The van der Waals surface area contributed by atoms with Crippen LogP contribution in [0.4, 0.5) is 0 Å². The highest BCUT2D eigenvalue weighted by Crippen LogP contribution is 2.30. The molecule has 0 spiro atoms. The molecule has 33 heavy (non-hydrogen) atoms. The molecule has 0 unspecified atom stereocenters. The van der Waals surface area contributed by atoms with E-state index >= 15 is 0 Å². The Balaban J connectivity index is 2.00. The minimum Gasteiger partial charge on any atom is -0.468 e. The lowest BCUT2D eigenvalue weighted by molar-refractivity contribution is -0.147. The molecule has 10 heteroatoms. The second-order valence-electron chi connectivity index (χ2n) is 7.73. The number of hydrogen-bond acceptors (Lipinski definition) is 6. The summed E-state index contributed by atoms with van der Waals surface area (Å²) >= 11 is 3.33. The fourth-order valence-electron chi connectivity index (χ4n) is 3.51. The van der Waals surface area contributed by atoms with Crippen LogP contribution in [0, 0.1) is 5.92 Å². The van der Waals surface area contributed by atoms with E-state index in [4.69, 9.17) is 4.74 Å². The highest BCUT2D eigenvalue weighted by atomic mass is 79.9. The van der Waals surface area contributed by atoms with E-state index in [1.165, 1.54) is 17.5 Å². The lowest BCUT2D eigenvalue weighted by Crippen LogP contribution is -2.48. The average Bonchev–Trinajstić information content (AvgIpc) is 3.25. The van der Waals surface area contributed by atoms with Gasteiger partial charge in [-0.3, -0.25) is 4.79 Å². The van der Waals surface area contributed by atoms with Crippen molar-refractivity contribution in [2.24, 2.45) is 5.92 Å². The maximum absolute atomic E-state index is 13.8. The lowest BCUT2D eigenvalue weighted by Gasteiger charge is -2.32. The molecule has 2 aromatic carbocycles. The Kier molecular flexibility index (Phi) is 8.39. The van der Waals surface area contributed by atoms with Crippen LogP contribution in [-0.4, -0.2) is 46.8 Å². The lowest BCUT2D eigenvalue weighted by atomic mass is 9.99. The van der Waals surface area contributed by atoms with Gasteiger partial charge in [0.15, 0.2) is 0 Å². The van der Waals surface area contributed by atoms with Crippen LogP contribution in [0.2, 0.25) is 0 Å². The van der Waals surface area contributed by atoms with Crippen molar-refractivity contribution in [1.29, 1.82) is 0 Å². The van der Waals surface area contributed by atoms with E-state index in [0.717, 1.165) is 5.56 Å². The van der Waals surface area contributed by atoms with Gasteiger partial charge in [-0.1, -0.05) is 67.9 Å². The zero-order valence-electron chi connectivity index (χ0n) is 18.8. The second-order valence-corrected chi connectivity index (χ2v) is 10.4. The Morgan fingerprint density at radius 3 is 2.45 bits per heavy atom. The Morgan fingerprint density at radius 1 is 1.15 bits per heavy atom. The fraction of sp³-hybridized carbons (Fsp3) is 0.348. The van der Waals surface area contributed by atoms with Gasteiger partial charge in [-0.25, -0.2) is 13.1 Å². The van der Waals surface area contributed by atoms with Gasteiger partial charge in [-0.2, -0.15) is 4.31 Å². The summed E-state index contributed by atoms with van der Waals surface area (Å²) in [6.45, 7) is 4.11. The van der Waals surface area contributed by atoms with E-state index in [9.17, 15) is 13.2 Å². The van der Waals surface area contributed by atoms with Crippen LogP contribution in [-0.2, 0) is 32.6 Å². The monoisotopic (exact) mass is 534 g/mol. The van der Waals surface area contributed by atoms with Crippen molar-refractivity contribution in [3.8, 4) is 0 Å². The first-order valence-electron chi connectivity index (χ1n) is 10.5. The second kappa shape index (κ2) is 11.0. The van der Waals surface area contributed by atoms with Crippen LogP contribution in [0.1, 0.15) is 31.5 Å². The van der Waals surface area contributed by atoms with Gasteiger partial charge in [-0.05, 0) is 39.5 Å². The molecular weight excluding hydrogens is 508 g/mol. The molecule has 0 aliphatic heterocycles. The first-order chi connectivity index (χ1) is 15.8. The normalized spacial score (nSPS) is 13.6. The van der Waals surface area contributed by atoms with Crippen LogP contribution in [0.25, 0.3) is 0 Å². The van der Waals surface area contributed by atoms with Gasteiger partial charge in [0.2, 0.25) is 10.0 Å². The highest BCUT2D eigenvalue weighted by molar-refractivity contribution is 9.10. The van der Waals surface area contributed by atoms with Crippen LogP contribution < -0.4 is 0 Å². The van der Waals surface area contributed by atoms with E-state index in [1.807, 2.05) is 44.2 Å². The molecule has 0 aliphatic carbocycles. The first-order valence-corrected chi connectivity index (χ1v) is 12.8. The molecule has 0 fully saturated rings. The summed E-state index contributed by atoms with van der Waals surface area (Å²) in [5.41, 5.74) is 1.47. The van der Waals surface area contributed by atoms with Crippen LogP contribution >= 0.6 is 15.9 Å². The molecular formula is C23H27BrN4O4S. The summed E-state index contributed by atoms with van der Waals surface area (Å²) in [6, 6.07) is 15.3. The minimum atomic E-state index is -4.08. The molecule has 0 N–H and O–H groups in total. The number of hydrogen-bond donors (Lipinski definition) is 0. The van der Waals surface area contributed by atoms with Crippen molar-refractivity contribution in [2.75, 3.05) is 7.11 Å². The molecule has 176 valence electrons. The van der Waals surface area contributed by atoms with Gasteiger partial charge in [0.05, 0.1) is 37.0 Å². The quantitative estimate of drug-likeness (QED) is 0.366. The molecule has 0 saturated carbocycles. The molecule has 0 bridgehead atoms. The average molecular weight is 535 g/mol. The topological polar surface area (TPSA) is 94.4 Å². The van der Waals surface area contributed by atoms with E-state index in [2.05, 4.69) is 26.2 Å². The Bertz CT molecular complexity index is 1180. The summed E-state index contributed by atoms with van der Waals surface area (Å²) in [5.74, 6) is -0.897. The number of methoxy groups -OCH3 is 1. The number of esters is 1. The number of aromatic nitrogens is 3. The number of benzene rings is 2. The predicted octanol–water partition coefficient (Wildman–Crippen LogP) is 3.87. The maximum atomic E-state index is 13.8. The van der Waals surface area contributed by atoms with E-state index in [1.54, 1.807) is 29.1 Å². The molecule has 0 radical (unpaired) electrons. The van der Waals surface area contributed by atoms with Gasteiger partial charge in [0.25, 0.3) is 0 Å². The van der Waals surface area contributed by atoms with Gasteiger partial charge in [-0.15, -0.1) is 5.10 Å². The third-order valence-electron chi connectivity index (χ3n) is 5.45. The molecule has 2 atom stereocenters. The number of nitrogens with zero attached hydrogens (tertiary/aromatic N) is 4. The van der Waals surface area contributed by atoms with Gasteiger partial charge >= 0.3 is 5.97 Å². The van der Waals surface area contributed by atoms with Gasteiger partial charge in [0.1, 0.15) is 6.04 Å². The zero-order valence-corrected chi connectivity index (χ0v) is 21.2. The van der Waals surface area contributed by atoms with Crippen molar-refractivity contribution in [1.82, 2.24) is 19.3 Å². The molecule has 3 aromatic rings. The Labute approximate surface area is 202 Å². The molecule has 0 amide bonds. The molecule has 1 aromatic heterocycles. The fourth-order valence-corrected chi connectivity index (χ4v) is 6.12. The van der Waals surface area contributed by atoms with E-state index < -0.39 is 22.0 Å². The predicted molar refractivity (Wildman–Crippen MR) is 128 cm³/mol. The van der Waals surface area contributed by atoms with Crippen molar-refractivity contribution in [2.45, 2.75) is 44.3 Å². The third kappa shape index (κ3) is 5.87. The van der Waals surface area contributed by atoms with E-state index in [-0.39, 0.29) is 17.4 Å². The SMILES string of the molecule is CC[C@H](C)[C@@H](C(=O)OC)N(Cc1cn(Cc2ccccc2)nn1)S(=O)(=O)c1ccccc1Br. The van der Waals surface area contributed by atoms with Crippen molar-refractivity contribution in [3.05, 3.63) is 76.5 Å². The summed E-state index contributed by atoms with van der Waals surface area (Å²) in [4.78, 5) is 12.8.